The molecule has 57 valence electrons. The van der Waals surface area contributed by atoms with Crippen LogP contribution in [0.15, 0.2) is 0 Å². The minimum Gasteiger partial charge on any atom is -0.468 e. The molecule has 0 bridgehead atoms. The van der Waals surface area contributed by atoms with Crippen LogP contribution in [0.3, 0.4) is 0 Å². The van der Waals surface area contributed by atoms with Gasteiger partial charge in [0.15, 0.2) is 0 Å². The van der Waals surface area contributed by atoms with Crippen LogP contribution in [0.25, 0.3) is 0 Å². The minimum atomic E-state index is 0.339. The Balaban J connectivity index is 2.76. The van der Waals surface area contributed by atoms with Crippen LogP contribution in [-0.4, -0.2) is 26.2 Å². The summed E-state index contributed by atoms with van der Waals surface area (Å²) in [7, 11) is 0. The molecular weight excluding hydrogens is 136 g/mol. The third-order valence-corrected chi connectivity index (χ3v) is 0.886. The Hall–Kier alpha value is -1.06. The molecule has 0 aromatic carbocycles. The quantitative estimate of drug-likeness (QED) is 0.374. The highest BCUT2D eigenvalue weighted by Crippen LogP contribution is 1.88. The van der Waals surface area contributed by atoms with E-state index in [4.69, 9.17) is 0 Å². The van der Waals surface area contributed by atoms with Crippen LogP contribution in [0.5, 0.6) is 0 Å². The molecule has 0 aliphatic rings. The van der Waals surface area contributed by atoms with Gasteiger partial charge >= 0.3 is 6.47 Å². The lowest BCUT2D eigenvalue weighted by atomic mass is 10.3. The molecule has 10 heavy (non-hydrogen) atoms. The van der Waals surface area contributed by atoms with Crippen LogP contribution in [-0.2, 0) is 19.1 Å². The van der Waals surface area contributed by atoms with Gasteiger partial charge in [0.2, 0.25) is 0 Å². The fraction of sp³-hybridized carbons (Fsp3) is 0.667. The van der Waals surface area contributed by atoms with Gasteiger partial charge in [-0.2, -0.15) is 0 Å². The van der Waals surface area contributed by atoms with E-state index >= 15 is 0 Å². The van der Waals surface area contributed by atoms with Gasteiger partial charge < -0.3 is 9.47 Å². The lowest BCUT2D eigenvalue weighted by Gasteiger charge is -1.96. The van der Waals surface area contributed by atoms with Crippen molar-refractivity contribution < 1.29 is 19.1 Å². The largest absolute Gasteiger partial charge is 0.468 e. The topological polar surface area (TPSA) is 52.6 Å². The lowest BCUT2D eigenvalue weighted by molar-refractivity contribution is -0.128. The van der Waals surface area contributed by atoms with Gasteiger partial charge in [-0.05, 0) is 12.8 Å². The van der Waals surface area contributed by atoms with Crippen LogP contribution < -0.4 is 0 Å². The highest BCUT2D eigenvalue weighted by atomic mass is 16.5. The Morgan fingerprint density at radius 2 is 2.00 bits per heavy atom. The maximum atomic E-state index is 9.58. The van der Waals surface area contributed by atoms with E-state index in [9.17, 15) is 9.59 Å². The van der Waals surface area contributed by atoms with Crippen molar-refractivity contribution in [3.05, 3.63) is 0 Å². The van der Waals surface area contributed by atoms with Crippen molar-refractivity contribution in [2.45, 2.75) is 12.8 Å². The maximum absolute atomic E-state index is 9.58. The number of rotatable bonds is 7. The van der Waals surface area contributed by atoms with E-state index in [1.165, 1.54) is 6.47 Å². The molecule has 0 unspecified atom stereocenters. The summed E-state index contributed by atoms with van der Waals surface area (Å²) in [6, 6.07) is 0. The van der Waals surface area contributed by atoms with Crippen LogP contribution in [0, 0.1) is 0 Å². The van der Waals surface area contributed by atoms with Crippen molar-refractivity contribution in [1.82, 2.24) is 0 Å². The van der Waals surface area contributed by atoms with Crippen LogP contribution in [0.2, 0.25) is 0 Å². The monoisotopic (exact) mass is 145 g/mol. The van der Waals surface area contributed by atoms with Gasteiger partial charge in [-0.15, -0.1) is 0 Å². The van der Waals surface area contributed by atoms with Gasteiger partial charge in [0.25, 0.3) is 6.47 Å². The van der Waals surface area contributed by atoms with Crippen molar-refractivity contribution in [3.8, 4) is 0 Å². The Bertz CT molecular complexity index is 79.7. The normalized spacial score (nSPS) is 8.40. The molecule has 0 aliphatic heterocycles. The summed E-state index contributed by atoms with van der Waals surface area (Å²) < 4.78 is 8.64. The average molecular weight is 145 g/mol. The summed E-state index contributed by atoms with van der Waals surface area (Å²) in [4.78, 5) is 19.0. The van der Waals surface area contributed by atoms with E-state index in [2.05, 4.69) is 9.47 Å². The molecule has 0 saturated heterocycles. The van der Waals surface area contributed by atoms with Crippen molar-refractivity contribution in [2.24, 2.45) is 0 Å². The molecule has 0 spiro atoms. The number of hydrogen-bond donors (Lipinski definition) is 0. The molecule has 4 heteroatoms. The van der Waals surface area contributed by atoms with E-state index < -0.39 is 0 Å². The second kappa shape index (κ2) is 7.94. The highest BCUT2D eigenvalue weighted by molar-refractivity contribution is 5.38. The van der Waals surface area contributed by atoms with Gasteiger partial charge in [-0.1, -0.05) is 0 Å². The molecule has 0 atom stereocenters. The fourth-order valence-electron chi connectivity index (χ4n) is 0.449. The van der Waals surface area contributed by atoms with E-state index in [1.54, 1.807) is 0 Å². The third kappa shape index (κ3) is 6.94. The molecule has 0 amide bonds. The second-order valence-electron chi connectivity index (χ2n) is 1.61. The molecule has 0 aromatic rings. The number of ether oxygens (including phenoxy) is 2. The smallest absolute Gasteiger partial charge is 0.417 e. The Kier molecular flexibility index (Phi) is 7.10. The Labute approximate surface area is 59.1 Å². The minimum absolute atomic E-state index is 0.339. The maximum Gasteiger partial charge on any atom is 0.417 e. The Morgan fingerprint density at radius 3 is 2.60 bits per heavy atom. The first-order valence-corrected chi connectivity index (χ1v) is 2.96. The first-order chi connectivity index (χ1) is 4.91. The van der Waals surface area contributed by atoms with E-state index in [0.717, 1.165) is 0 Å². The van der Waals surface area contributed by atoms with Gasteiger partial charge in [-0.3, -0.25) is 4.79 Å². The van der Waals surface area contributed by atoms with E-state index in [-0.39, 0.29) is 0 Å². The lowest BCUT2D eigenvalue weighted by Crippen LogP contribution is -1.96. The second-order valence-corrected chi connectivity index (χ2v) is 1.61. The van der Waals surface area contributed by atoms with Crippen molar-refractivity contribution in [3.63, 3.8) is 0 Å². The van der Waals surface area contributed by atoms with E-state index in [1.807, 2.05) is 0 Å². The van der Waals surface area contributed by atoms with Gasteiger partial charge in [0, 0.05) is 0 Å². The summed E-state index contributed by atoms with van der Waals surface area (Å²) in [5.41, 5.74) is 0. The average Bonchev–Trinajstić information content (AvgIpc) is 1.97. The standard InChI is InChI=1S/C6H9O4/c7-5-9-3-1-2-4-10-6-8/h5H,1-4H2. The van der Waals surface area contributed by atoms with Gasteiger partial charge in [0.05, 0.1) is 13.2 Å². The molecule has 0 aromatic heterocycles. The highest BCUT2D eigenvalue weighted by Gasteiger charge is 1.87. The van der Waals surface area contributed by atoms with Crippen molar-refractivity contribution >= 4 is 12.9 Å². The Morgan fingerprint density at radius 1 is 1.30 bits per heavy atom. The number of hydrogen-bond acceptors (Lipinski definition) is 4. The van der Waals surface area contributed by atoms with Crippen LogP contribution in [0.1, 0.15) is 12.8 Å². The molecule has 0 N–H and O–H groups in total. The zero-order chi connectivity index (χ0) is 7.66. The first kappa shape index (κ1) is 8.94. The van der Waals surface area contributed by atoms with Crippen LogP contribution in [0.4, 0.5) is 0 Å². The van der Waals surface area contributed by atoms with E-state index in [0.29, 0.717) is 32.5 Å². The zero-order valence-corrected chi connectivity index (χ0v) is 5.54. The molecule has 0 fully saturated rings. The first-order valence-electron chi connectivity index (χ1n) is 2.96. The molecule has 0 saturated carbocycles. The molecule has 0 heterocycles. The number of carbonyl (C=O) groups excluding carboxylic acids is 2. The third-order valence-electron chi connectivity index (χ3n) is 0.886. The summed E-state index contributed by atoms with van der Waals surface area (Å²) in [6.07, 6.45) is 1.41. The van der Waals surface area contributed by atoms with Crippen LogP contribution >= 0.6 is 0 Å². The summed E-state index contributed by atoms with van der Waals surface area (Å²) in [6.45, 7) is 2.41. The number of carbonyl (C=O) groups is 1. The summed E-state index contributed by atoms with van der Waals surface area (Å²) >= 11 is 0. The van der Waals surface area contributed by atoms with Crippen molar-refractivity contribution in [2.75, 3.05) is 13.2 Å². The predicted octanol–water partition coefficient (Wildman–Crippen LogP) is 0.0234. The molecule has 4 nitrogen and oxygen atoms in total. The van der Waals surface area contributed by atoms with Gasteiger partial charge in [0.1, 0.15) is 0 Å². The fourth-order valence-corrected chi connectivity index (χ4v) is 0.449. The predicted molar refractivity (Wildman–Crippen MR) is 32.9 cm³/mol. The number of unbranched alkanes of at least 4 members (excludes halogenated alkanes) is 1. The van der Waals surface area contributed by atoms with Gasteiger partial charge in [-0.25, -0.2) is 4.79 Å². The van der Waals surface area contributed by atoms with Crippen molar-refractivity contribution in [1.29, 1.82) is 0 Å². The SMILES string of the molecule is O=[C]OCCCCOC=O. The molecular formula is C6H9O4. The molecule has 0 rings (SSSR count). The summed E-state index contributed by atoms with van der Waals surface area (Å²) in [5.74, 6) is 0. The zero-order valence-electron chi connectivity index (χ0n) is 5.54. The molecule has 0 aliphatic carbocycles. The molecule has 1 radical (unpaired) electrons. The summed E-state index contributed by atoms with van der Waals surface area (Å²) in [5, 5.41) is 0.